The number of aromatic nitrogens is 8. The second-order valence-corrected chi connectivity index (χ2v) is 13.2. The summed E-state index contributed by atoms with van der Waals surface area (Å²) < 4.78 is 5.35. The fourth-order valence-electron chi connectivity index (χ4n) is 6.69. The number of aromatic amines is 2. The summed E-state index contributed by atoms with van der Waals surface area (Å²) in [7, 11) is 1.67. The number of nitrogens with two attached hydrogens (primary N) is 2. The number of ether oxygens (including phenoxy) is 1. The van der Waals surface area contributed by atoms with E-state index in [9.17, 15) is 5.11 Å². The van der Waals surface area contributed by atoms with Crippen LogP contribution in [0.3, 0.4) is 0 Å². The van der Waals surface area contributed by atoms with E-state index >= 15 is 0 Å². The minimum Gasteiger partial charge on any atom is -0.508 e. The van der Waals surface area contributed by atoms with Gasteiger partial charge >= 0.3 is 0 Å². The highest BCUT2D eigenvalue weighted by atomic mass is 16.5. The summed E-state index contributed by atoms with van der Waals surface area (Å²) >= 11 is 0. The predicted octanol–water partition coefficient (Wildman–Crippen LogP) is 8.71. The molecule has 0 amide bonds. The number of anilines is 6. The largest absolute Gasteiger partial charge is 0.508 e. The zero-order chi connectivity index (χ0) is 38.9. The molecule has 0 radical (unpaired) electrons. The highest BCUT2D eigenvalue weighted by Gasteiger charge is 2.12. The lowest BCUT2D eigenvalue weighted by Crippen LogP contribution is -1.98. The van der Waals surface area contributed by atoms with Crippen molar-refractivity contribution in [2.24, 2.45) is 0 Å². The number of benzene rings is 6. The quantitative estimate of drug-likeness (QED) is 0.0814. The predicted molar refractivity (Wildman–Crippen MR) is 226 cm³/mol. The highest BCUT2D eigenvalue weighted by molar-refractivity contribution is 5.99. The van der Waals surface area contributed by atoms with Crippen molar-refractivity contribution in [1.82, 2.24) is 40.3 Å². The molecular weight excluding hydrogens is 717 g/mol. The van der Waals surface area contributed by atoms with Crippen molar-refractivity contribution in [3.8, 4) is 34.0 Å². The minimum absolute atomic E-state index is 0.217. The Morgan fingerprint density at radius 3 is 1.58 bits per heavy atom. The highest BCUT2D eigenvalue weighted by Crippen LogP contribution is 2.34. The third kappa shape index (κ3) is 7.20. The van der Waals surface area contributed by atoms with Gasteiger partial charge in [0.05, 0.1) is 29.5 Å². The van der Waals surface area contributed by atoms with E-state index in [1.54, 1.807) is 43.8 Å². The van der Waals surface area contributed by atoms with Crippen LogP contribution in [0.5, 0.6) is 11.5 Å². The van der Waals surface area contributed by atoms with E-state index in [0.29, 0.717) is 11.6 Å². The molecule has 4 aromatic heterocycles. The van der Waals surface area contributed by atoms with Gasteiger partial charge in [-0.25, -0.2) is 9.97 Å². The Morgan fingerprint density at radius 1 is 0.544 bits per heavy atom. The number of nitrogen functional groups attached to an aromatic ring is 2. The lowest BCUT2D eigenvalue weighted by Gasteiger charge is -2.07. The average Bonchev–Trinajstić information content (AvgIpc) is 3.84. The molecule has 0 unspecified atom stereocenters. The average molecular weight is 751 g/mol. The van der Waals surface area contributed by atoms with Gasteiger partial charge in [0.1, 0.15) is 23.1 Å². The van der Waals surface area contributed by atoms with E-state index in [1.807, 2.05) is 72.8 Å². The molecule has 10 aromatic rings. The maximum absolute atomic E-state index is 9.77. The third-order valence-electron chi connectivity index (χ3n) is 9.44. The summed E-state index contributed by atoms with van der Waals surface area (Å²) in [5.74, 6) is 2.78. The third-order valence-corrected chi connectivity index (χ3v) is 9.44. The van der Waals surface area contributed by atoms with Crippen LogP contribution < -0.4 is 26.8 Å². The first kappa shape index (κ1) is 34.5. The number of hydrogen-bond donors (Lipinski definition) is 7. The van der Waals surface area contributed by atoms with E-state index in [-0.39, 0.29) is 17.6 Å². The van der Waals surface area contributed by atoms with E-state index in [0.717, 1.165) is 83.0 Å². The number of hydrogen-bond acceptors (Lipinski definition) is 12. The lowest BCUT2D eigenvalue weighted by atomic mass is 10.0. The van der Waals surface area contributed by atoms with E-state index in [4.69, 9.17) is 16.2 Å². The van der Waals surface area contributed by atoms with Gasteiger partial charge in [-0.05, 0) is 106 Å². The van der Waals surface area contributed by atoms with Gasteiger partial charge < -0.3 is 31.9 Å². The van der Waals surface area contributed by atoms with Crippen LogP contribution >= 0.6 is 0 Å². The van der Waals surface area contributed by atoms with Crippen LogP contribution in [0.25, 0.3) is 65.9 Å². The van der Waals surface area contributed by atoms with Crippen LogP contribution in [0.15, 0.2) is 134 Å². The van der Waals surface area contributed by atoms with Gasteiger partial charge in [-0.2, -0.15) is 20.2 Å². The summed E-state index contributed by atoms with van der Waals surface area (Å²) in [5.41, 5.74) is 18.7. The first-order valence-electron chi connectivity index (χ1n) is 17.8. The standard InChI is InChI=1S/C22H18N6O.C21H16N6O/c1-29-17-6-4-13-2-3-14(10-15(13)11-17)21-18-12-16(5-7-19(18)27-28-21)25-20-8-9-24-22(23)26-20;22-21-23-8-7-19(25-21)24-15-4-6-18-17(11-15)20(27-26-18)13-2-1-12-3-5-16(28)10-14(12)9-13/h2-12H,1H3,(H,27,28)(H3,23,24,25,26);1-11,28H,(H,26,27)(H3,22,23,24,25). The summed E-state index contributed by atoms with van der Waals surface area (Å²) in [6, 6.07) is 39.2. The number of phenolic OH excluding ortho intramolecular Hbond substituents is 1. The normalized spacial score (nSPS) is 11.1. The molecule has 6 aromatic carbocycles. The Kier molecular flexibility index (Phi) is 8.79. The van der Waals surface area contributed by atoms with Gasteiger partial charge in [-0.1, -0.05) is 36.4 Å². The molecule has 278 valence electrons. The van der Waals surface area contributed by atoms with Crippen molar-refractivity contribution in [3.05, 3.63) is 134 Å². The second kappa shape index (κ2) is 14.5. The van der Waals surface area contributed by atoms with E-state index < -0.39 is 0 Å². The van der Waals surface area contributed by atoms with Crippen LogP contribution in [0.4, 0.5) is 34.9 Å². The second-order valence-electron chi connectivity index (χ2n) is 13.2. The Bertz CT molecular complexity index is 3090. The van der Waals surface area contributed by atoms with Crippen molar-refractivity contribution >= 4 is 78.3 Å². The zero-order valence-electron chi connectivity index (χ0n) is 30.4. The topological polar surface area (TPSA) is 214 Å². The number of nitrogens with one attached hydrogen (secondary N) is 4. The maximum atomic E-state index is 9.77. The number of H-pyrrole nitrogens is 2. The molecule has 10 rings (SSSR count). The smallest absolute Gasteiger partial charge is 0.221 e. The number of rotatable bonds is 7. The van der Waals surface area contributed by atoms with Crippen LogP contribution in [0, 0.1) is 0 Å². The summed E-state index contributed by atoms with van der Waals surface area (Å²) in [4.78, 5) is 16.2. The van der Waals surface area contributed by atoms with Gasteiger partial charge in [0.25, 0.3) is 0 Å². The van der Waals surface area contributed by atoms with Crippen LogP contribution in [-0.4, -0.2) is 52.5 Å². The van der Waals surface area contributed by atoms with Gasteiger partial charge in [-0.3, -0.25) is 10.2 Å². The molecule has 0 atom stereocenters. The van der Waals surface area contributed by atoms with Gasteiger partial charge in [0.15, 0.2) is 0 Å². The van der Waals surface area contributed by atoms with Gasteiger partial charge in [-0.15, -0.1) is 0 Å². The summed E-state index contributed by atoms with van der Waals surface area (Å²) in [6.45, 7) is 0. The number of nitrogens with zero attached hydrogens (tertiary/aromatic N) is 6. The Hall–Kier alpha value is -8.26. The molecule has 14 heteroatoms. The molecular formula is C43H34N12O2. The fraction of sp³-hybridized carbons (Fsp3) is 0.0233. The molecule has 4 heterocycles. The molecule has 14 nitrogen and oxygen atoms in total. The Balaban J connectivity index is 0.000000148. The first-order chi connectivity index (χ1) is 27.8. The zero-order valence-corrected chi connectivity index (χ0v) is 30.4. The van der Waals surface area contributed by atoms with Crippen molar-refractivity contribution in [1.29, 1.82) is 0 Å². The molecule has 9 N–H and O–H groups in total. The summed E-state index contributed by atoms with van der Waals surface area (Å²) in [6.07, 6.45) is 3.23. The molecule has 0 aliphatic carbocycles. The van der Waals surface area contributed by atoms with Crippen molar-refractivity contribution in [2.45, 2.75) is 0 Å². The molecule has 0 aliphatic rings. The SMILES string of the molecule is COc1ccc2ccc(-c3n[nH]c4ccc(Nc5ccnc(N)n5)cc34)cc2c1.Nc1nccc(Nc2ccc3[nH]nc(-c4ccc5ccc(O)cc5c4)c3c2)n1. The Morgan fingerprint density at radius 2 is 1.05 bits per heavy atom. The molecule has 0 aliphatic heterocycles. The van der Waals surface area contributed by atoms with E-state index in [1.165, 1.54) is 0 Å². The monoisotopic (exact) mass is 750 g/mol. The molecule has 0 saturated carbocycles. The van der Waals surface area contributed by atoms with Gasteiger partial charge in [0.2, 0.25) is 11.9 Å². The van der Waals surface area contributed by atoms with Crippen molar-refractivity contribution in [3.63, 3.8) is 0 Å². The van der Waals surface area contributed by atoms with Crippen LogP contribution in [-0.2, 0) is 0 Å². The van der Waals surface area contributed by atoms with Gasteiger partial charge in [0, 0.05) is 45.7 Å². The number of methoxy groups -OCH3 is 1. The molecule has 0 bridgehead atoms. The number of aromatic hydroxyl groups is 1. The molecule has 0 saturated heterocycles. The first-order valence-corrected chi connectivity index (χ1v) is 17.8. The molecule has 0 fully saturated rings. The van der Waals surface area contributed by atoms with E-state index in [2.05, 4.69) is 75.2 Å². The lowest BCUT2D eigenvalue weighted by molar-refractivity contribution is 0.415. The number of fused-ring (bicyclic) bond motifs is 4. The molecule has 57 heavy (non-hydrogen) atoms. The Labute approximate surface area is 324 Å². The van der Waals surface area contributed by atoms with Crippen LogP contribution in [0.2, 0.25) is 0 Å². The maximum Gasteiger partial charge on any atom is 0.221 e. The minimum atomic E-state index is 0.217. The number of phenols is 1. The van der Waals surface area contributed by atoms with Crippen LogP contribution in [0.1, 0.15) is 0 Å². The fourth-order valence-corrected chi connectivity index (χ4v) is 6.69. The van der Waals surface area contributed by atoms with Crippen molar-refractivity contribution in [2.75, 3.05) is 29.2 Å². The molecule has 0 spiro atoms. The van der Waals surface area contributed by atoms with Crippen molar-refractivity contribution < 1.29 is 9.84 Å². The summed E-state index contributed by atoms with van der Waals surface area (Å²) in [5, 5.41) is 37.8.